The van der Waals surface area contributed by atoms with Crippen LogP contribution in [-0.4, -0.2) is 20.8 Å². The van der Waals surface area contributed by atoms with Crippen molar-refractivity contribution in [3.05, 3.63) is 42.1 Å². The van der Waals surface area contributed by atoms with E-state index in [0.29, 0.717) is 12.0 Å². The van der Waals surface area contributed by atoms with Crippen LogP contribution in [0.3, 0.4) is 0 Å². The molecular weight excluding hydrogens is 214 g/mol. The van der Waals surface area contributed by atoms with Crippen LogP contribution in [0.25, 0.3) is 10.9 Å². The average molecular weight is 231 g/mol. The van der Waals surface area contributed by atoms with E-state index in [2.05, 4.69) is 4.98 Å². The van der Waals surface area contributed by atoms with Gasteiger partial charge in [-0.1, -0.05) is 25.1 Å². The molecule has 2 N–H and O–H groups in total. The fourth-order valence-electron chi connectivity index (χ4n) is 1.81. The molecule has 3 nitrogen and oxygen atoms in total. The molecule has 0 aliphatic heterocycles. The van der Waals surface area contributed by atoms with Crippen molar-refractivity contribution in [3.63, 3.8) is 0 Å². The first kappa shape index (κ1) is 12.0. The molecule has 1 heterocycles. The minimum Gasteiger partial charge on any atom is -0.387 e. The summed E-state index contributed by atoms with van der Waals surface area (Å²) in [6.45, 7) is 3.49. The number of aliphatic hydroxyl groups excluding tert-OH is 1. The van der Waals surface area contributed by atoms with E-state index in [1.54, 1.807) is 13.1 Å². The quantitative estimate of drug-likeness (QED) is 0.853. The summed E-state index contributed by atoms with van der Waals surface area (Å²) in [7, 11) is 0. The highest BCUT2D eigenvalue weighted by atomic mass is 16.3. The molecule has 0 bridgehead atoms. The molecule has 0 fully saturated rings. The second-order valence-electron chi connectivity index (χ2n) is 4.57. The van der Waals surface area contributed by atoms with Crippen molar-refractivity contribution in [2.45, 2.75) is 32.0 Å². The Hall–Kier alpha value is -1.45. The lowest BCUT2D eigenvalue weighted by Crippen LogP contribution is -2.31. The highest BCUT2D eigenvalue weighted by molar-refractivity contribution is 5.78. The molecule has 0 aliphatic rings. The van der Waals surface area contributed by atoms with Crippen LogP contribution in [0.1, 0.15) is 31.9 Å². The number of nitrogens with zero attached hydrogens (tertiary/aromatic N) is 1. The molecule has 1 aromatic carbocycles. The Morgan fingerprint density at radius 3 is 2.82 bits per heavy atom. The predicted molar refractivity (Wildman–Crippen MR) is 67.6 cm³/mol. The molecule has 17 heavy (non-hydrogen) atoms. The number of hydrogen-bond acceptors (Lipinski definition) is 3. The Labute approximate surface area is 101 Å². The molecule has 0 saturated carbocycles. The van der Waals surface area contributed by atoms with Crippen LogP contribution in [-0.2, 0) is 0 Å². The molecule has 1 aromatic heterocycles. The summed E-state index contributed by atoms with van der Waals surface area (Å²) in [5.74, 6) is 0. The SMILES string of the molecule is CCC(C)(O)C(O)c1ccc2cccnc2c1. The van der Waals surface area contributed by atoms with Crippen LogP contribution < -0.4 is 0 Å². The summed E-state index contributed by atoms with van der Waals surface area (Å²) in [6.07, 6.45) is 1.32. The minimum absolute atomic E-state index is 0.494. The van der Waals surface area contributed by atoms with E-state index in [1.807, 2.05) is 37.3 Å². The van der Waals surface area contributed by atoms with Crippen molar-refractivity contribution in [2.24, 2.45) is 0 Å². The van der Waals surface area contributed by atoms with Gasteiger partial charge in [-0.15, -0.1) is 0 Å². The van der Waals surface area contributed by atoms with Gasteiger partial charge in [-0.05, 0) is 31.0 Å². The van der Waals surface area contributed by atoms with Gasteiger partial charge in [0.25, 0.3) is 0 Å². The monoisotopic (exact) mass is 231 g/mol. The fourth-order valence-corrected chi connectivity index (χ4v) is 1.81. The van der Waals surface area contributed by atoms with Gasteiger partial charge < -0.3 is 10.2 Å². The van der Waals surface area contributed by atoms with Crippen LogP contribution in [0.4, 0.5) is 0 Å². The summed E-state index contributed by atoms with van der Waals surface area (Å²) >= 11 is 0. The first-order valence-corrected chi connectivity index (χ1v) is 5.79. The van der Waals surface area contributed by atoms with Gasteiger partial charge in [-0.3, -0.25) is 4.98 Å². The number of aromatic nitrogens is 1. The van der Waals surface area contributed by atoms with Crippen molar-refractivity contribution < 1.29 is 10.2 Å². The molecule has 0 radical (unpaired) electrons. The van der Waals surface area contributed by atoms with E-state index in [1.165, 1.54) is 0 Å². The zero-order valence-electron chi connectivity index (χ0n) is 10.1. The fraction of sp³-hybridized carbons (Fsp3) is 0.357. The lowest BCUT2D eigenvalue weighted by Gasteiger charge is -2.28. The maximum Gasteiger partial charge on any atom is 0.107 e. The Balaban J connectivity index is 2.43. The first-order valence-electron chi connectivity index (χ1n) is 5.79. The highest BCUT2D eigenvalue weighted by Gasteiger charge is 2.29. The van der Waals surface area contributed by atoms with Crippen LogP contribution in [0.2, 0.25) is 0 Å². The molecule has 3 heteroatoms. The summed E-state index contributed by atoms with van der Waals surface area (Å²) in [4.78, 5) is 4.24. The van der Waals surface area contributed by atoms with Crippen molar-refractivity contribution in [1.82, 2.24) is 4.98 Å². The van der Waals surface area contributed by atoms with Gasteiger partial charge >= 0.3 is 0 Å². The molecule has 2 rings (SSSR count). The van der Waals surface area contributed by atoms with Crippen LogP contribution in [0.5, 0.6) is 0 Å². The molecule has 0 spiro atoms. The molecule has 0 aliphatic carbocycles. The van der Waals surface area contributed by atoms with Gasteiger partial charge in [-0.2, -0.15) is 0 Å². The number of rotatable bonds is 3. The second-order valence-corrected chi connectivity index (χ2v) is 4.57. The van der Waals surface area contributed by atoms with Crippen molar-refractivity contribution in [3.8, 4) is 0 Å². The molecular formula is C14H17NO2. The molecule has 2 unspecified atom stereocenters. The molecule has 0 saturated heterocycles. The van der Waals surface area contributed by atoms with Gasteiger partial charge in [0.2, 0.25) is 0 Å². The Kier molecular flexibility index (Phi) is 3.13. The summed E-state index contributed by atoms with van der Waals surface area (Å²) in [6, 6.07) is 9.41. The zero-order chi connectivity index (χ0) is 12.5. The predicted octanol–water partition coefficient (Wildman–Crippen LogP) is 2.43. The van der Waals surface area contributed by atoms with Crippen LogP contribution >= 0.6 is 0 Å². The maximum absolute atomic E-state index is 10.1. The van der Waals surface area contributed by atoms with Gasteiger partial charge in [0.1, 0.15) is 6.10 Å². The van der Waals surface area contributed by atoms with E-state index in [4.69, 9.17) is 0 Å². The third kappa shape index (κ3) is 2.30. The Morgan fingerprint density at radius 2 is 2.12 bits per heavy atom. The molecule has 0 amide bonds. The van der Waals surface area contributed by atoms with Crippen molar-refractivity contribution >= 4 is 10.9 Å². The minimum atomic E-state index is -1.11. The van der Waals surface area contributed by atoms with Gasteiger partial charge in [0.15, 0.2) is 0 Å². The number of fused-ring (bicyclic) bond motifs is 1. The first-order chi connectivity index (χ1) is 8.04. The van der Waals surface area contributed by atoms with E-state index in [0.717, 1.165) is 10.9 Å². The van der Waals surface area contributed by atoms with Gasteiger partial charge in [0.05, 0.1) is 11.1 Å². The summed E-state index contributed by atoms with van der Waals surface area (Å²) in [5.41, 5.74) is 0.418. The normalized spacial score (nSPS) is 16.7. The van der Waals surface area contributed by atoms with Crippen LogP contribution in [0, 0.1) is 0 Å². The molecule has 2 atom stereocenters. The topological polar surface area (TPSA) is 53.4 Å². The lowest BCUT2D eigenvalue weighted by molar-refractivity contribution is -0.0658. The molecule has 90 valence electrons. The summed E-state index contributed by atoms with van der Waals surface area (Å²) in [5, 5.41) is 21.2. The second kappa shape index (κ2) is 4.43. The van der Waals surface area contributed by atoms with Crippen LogP contribution in [0.15, 0.2) is 36.5 Å². The van der Waals surface area contributed by atoms with Crippen molar-refractivity contribution in [1.29, 1.82) is 0 Å². The van der Waals surface area contributed by atoms with E-state index >= 15 is 0 Å². The Morgan fingerprint density at radius 1 is 1.35 bits per heavy atom. The smallest absolute Gasteiger partial charge is 0.107 e. The largest absolute Gasteiger partial charge is 0.387 e. The third-order valence-corrected chi connectivity index (χ3v) is 3.25. The number of aliphatic hydroxyl groups is 2. The average Bonchev–Trinajstić information content (AvgIpc) is 2.37. The lowest BCUT2D eigenvalue weighted by atomic mass is 9.90. The number of benzene rings is 1. The third-order valence-electron chi connectivity index (χ3n) is 3.25. The summed E-state index contributed by atoms with van der Waals surface area (Å²) < 4.78 is 0. The highest BCUT2D eigenvalue weighted by Crippen LogP contribution is 2.29. The van der Waals surface area contributed by atoms with E-state index < -0.39 is 11.7 Å². The van der Waals surface area contributed by atoms with Gasteiger partial charge in [-0.25, -0.2) is 0 Å². The maximum atomic E-state index is 10.1. The van der Waals surface area contributed by atoms with Gasteiger partial charge in [0, 0.05) is 11.6 Å². The number of pyridine rings is 1. The van der Waals surface area contributed by atoms with Crippen molar-refractivity contribution in [2.75, 3.05) is 0 Å². The number of hydrogen-bond donors (Lipinski definition) is 2. The standard InChI is InChI=1S/C14H17NO2/c1-3-14(2,17)13(16)11-7-6-10-5-4-8-15-12(10)9-11/h4-9,13,16-17H,3H2,1-2H3. The van der Waals surface area contributed by atoms with E-state index in [9.17, 15) is 10.2 Å². The zero-order valence-corrected chi connectivity index (χ0v) is 10.1. The molecule has 2 aromatic rings. The Bertz CT molecular complexity index is 522. The van der Waals surface area contributed by atoms with E-state index in [-0.39, 0.29) is 0 Å².